The van der Waals surface area contributed by atoms with Crippen molar-refractivity contribution in [3.05, 3.63) is 0 Å². The van der Waals surface area contributed by atoms with Gasteiger partial charge in [-0.1, -0.05) is 0 Å². The van der Waals surface area contributed by atoms with E-state index in [-0.39, 0.29) is 37.1 Å². The van der Waals surface area contributed by atoms with Crippen LogP contribution >= 0.6 is 0 Å². The molecule has 8 heteroatoms. The van der Waals surface area contributed by atoms with Crippen LogP contribution < -0.4 is 11.1 Å². The molecule has 0 bridgehead atoms. The third kappa shape index (κ3) is 4.68. The zero-order chi connectivity index (χ0) is 15.2. The first-order chi connectivity index (χ1) is 10.1. The number of hydrogen-bond acceptors (Lipinski definition) is 5. The SMILES string of the molecule is NC(=O)CO[C@@H]1CCOC[C@@H]1NC(=O)CN1CCCC1=O. The molecule has 2 atom stereocenters. The Hall–Kier alpha value is -1.67. The molecule has 118 valence electrons. The Bertz CT molecular complexity index is 415. The maximum atomic E-state index is 12.0. The summed E-state index contributed by atoms with van der Waals surface area (Å²) >= 11 is 0. The van der Waals surface area contributed by atoms with Crippen LogP contribution in [0.2, 0.25) is 0 Å². The normalized spacial score (nSPS) is 25.9. The Kier molecular flexibility index (Phi) is 5.51. The number of primary amides is 1. The van der Waals surface area contributed by atoms with Crippen LogP contribution in [0.1, 0.15) is 19.3 Å². The predicted molar refractivity (Wildman–Crippen MR) is 72.1 cm³/mol. The van der Waals surface area contributed by atoms with E-state index in [1.807, 2.05) is 0 Å². The van der Waals surface area contributed by atoms with E-state index in [0.29, 0.717) is 32.6 Å². The summed E-state index contributed by atoms with van der Waals surface area (Å²) in [6.45, 7) is 1.33. The fourth-order valence-electron chi connectivity index (χ4n) is 2.54. The van der Waals surface area contributed by atoms with E-state index in [1.54, 1.807) is 0 Å². The van der Waals surface area contributed by atoms with Crippen molar-refractivity contribution in [2.24, 2.45) is 5.73 Å². The van der Waals surface area contributed by atoms with Crippen LogP contribution in [0.3, 0.4) is 0 Å². The van der Waals surface area contributed by atoms with E-state index < -0.39 is 5.91 Å². The first kappa shape index (κ1) is 15.7. The number of amides is 3. The van der Waals surface area contributed by atoms with Gasteiger partial charge in [0.05, 0.1) is 25.3 Å². The van der Waals surface area contributed by atoms with Gasteiger partial charge in [0.2, 0.25) is 17.7 Å². The smallest absolute Gasteiger partial charge is 0.243 e. The highest BCUT2D eigenvalue weighted by Gasteiger charge is 2.30. The van der Waals surface area contributed by atoms with Crippen molar-refractivity contribution in [2.45, 2.75) is 31.4 Å². The number of carbonyl (C=O) groups is 3. The standard InChI is InChI=1S/C13H21N3O5/c14-11(17)8-21-10-3-5-20-7-9(10)15-12(18)6-16-4-1-2-13(16)19/h9-10H,1-8H2,(H2,14,17)(H,15,18)/t9-,10+/m0/s1. The lowest BCUT2D eigenvalue weighted by atomic mass is 10.1. The van der Waals surface area contributed by atoms with Crippen molar-refractivity contribution in [3.63, 3.8) is 0 Å². The highest BCUT2D eigenvalue weighted by atomic mass is 16.5. The summed E-state index contributed by atoms with van der Waals surface area (Å²) in [4.78, 5) is 35.8. The van der Waals surface area contributed by atoms with Crippen LogP contribution in [0.15, 0.2) is 0 Å². The van der Waals surface area contributed by atoms with Gasteiger partial charge in [0, 0.05) is 19.6 Å². The zero-order valence-corrected chi connectivity index (χ0v) is 11.9. The van der Waals surface area contributed by atoms with Crippen LogP contribution in [0.4, 0.5) is 0 Å². The molecule has 0 aromatic carbocycles. The second-order valence-corrected chi connectivity index (χ2v) is 5.27. The number of ether oxygens (including phenoxy) is 2. The lowest BCUT2D eigenvalue weighted by molar-refractivity contribution is -0.136. The van der Waals surface area contributed by atoms with Crippen molar-refractivity contribution in [1.82, 2.24) is 10.2 Å². The van der Waals surface area contributed by atoms with Crippen molar-refractivity contribution < 1.29 is 23.9 Å². The second-order valence-electron chi connectivity index (χ2n) is 5.27. The van der Waals surface area contributed by atoms with Gasteiger partial charge in [-0.3, -0.25) is 14.4 Å². The van der Waals surface area contributed by atoms with Gasteiger partial charge in [0.15, 0.2) is 0 Å². The van der Waals surface area contributed by atoms with Gasteiger partial charge in [-0.25, -0.2) is 0 Å². The Labute approximate surface area is 122 Å². The molecule has 0 radical (unpaired) electrons. The third-order valence-electron chi connectivity index (χ3n) is 3.58. The quantitative estimate of drug-likeness (QED) is 0.612. The largest absolute Gasteiger partial charge is 0.379 e. The van der Waals surface area contributed by atoms with Gasteiger partial charge in [0.1, 0.15) is 6.61 Å². The molecule has 3 amide bonds. The fourth-order valence-corrected chi connectivity index (χ4v) is 2.54. The molecule has 0 aromatic heterocycles. The molecular formula is C13H21N3O5. The molecule has 2 rings (SSSR count). The summed E-state index contributed by atoms with van der Waals surface area (Å²) < 4.78 is 10.7. The Morgan fingerprint density at radius 3 is 2.95 bits per heavy atom. The number of nitrogens with one attached hydrogen (secondary N) is 1. The number of nitrogens with two attached hydrogens (primary N) is 1. The highest BCUT2D eigenvalue weighted by Crippen LogP contribution is 2.13. The molecule has 2 saturated heterocycles. The van der Waals surface area contributed by atoms with Crippen molar-refractivity contribution in [2.75, 3.05) is 32.9 Å². The fraction of sp³-hybridized carbons (Fsp3) is 0.769. The van der Waals surface area contributed by atoms with Crippen LogP contribution in [-0.2, 0) is 23.9 Å². The molecule has 2 heterocycles. The maximum absolute atomic E-state index is 12.0. The summed E-state index contributed by atoms with van der Waals surface area (Å²) in [6.07, 6.45) is 1.58. The minimum absolute atomic E-state index is 0.00609. The van der Waals surface area contributed by atoms with Crippen molar-refractivity contribution in [1.29, 1.82) is 0 Å². The number of carbonyl (C=O) groups excluding carboxylic acids is 3. The molecule has 8 nitrogen and oxygen atoms in total. The van der Waals surface area contributed by atoms with Gasteiger partial charge in [-0.15, -0.1) is 0 Å². The molecular weight excluding hydrogens is 278 g/mol. The summed E-state index contributed by atoms with van der Waals surface area (Å²) in [6, 6.07) is -0.330. The molecule has 0 unspecified atom stereocenters. The van der Waals surface area contributed by atoms with Crippen LogP contribution in [0.25, 0.3) is 0 Å². The molecule has 2 aliphatic heterocycles. The first-order valence-electron chi connectivity index (χ1n) is 7.11. The highest BCUT2D eigenvalue weighted by molar-refractivity contribution is 5.86. The number of hydrogen-bond donors (Lipinski definition) is 2. The van der Waals surface area contributed by atoms with Crippen molar-refractivity contribution >= 4 is 17.7 Å². The lowest BCUT2D eigenvalue weighted by Gasteiger charge is -2.32. The van der Waals surface area contributed by atoms with E-state index in [4.69, 9.17) is 15.2 Å². The molecule has 0 spiro atoms. The third-order valence-corrected chi connectivity index (χ3v) is 3.58. The summed E-state index contributed by atoms with van der Waals surface area (Å²) in [7, 11) is 0. The second kappa shape index (κ2) is 7.37. The zero-order valence-electron chi connectivity index (χ0n) is 11.9. The maximum Gasteiger partial charge on any atom is 0.243 e. The Balaban J connectivity index is 1.81. The Morgan fingerprint density at radius 2 is 2.29 bits per heavy atom. The predicted octanol–water partition coefficient (Wildman–Crippen LogP) is -1.62. The van der Waals surface area contributed by atoms with E-state index in [1.165, 1.54) is 4.90 Å². The summed E-state index contributed by atoms with van der Waals surface area (Å²) in [5.74, 6) is -0.783. The monoisotopic (exact) mass is 299 g/mol. The number of rotatable bonds is 6. The van der Waals surface area contributed by atoms with Crippen LogP contribution in [0.5, 0.6) is 0 Å². The number of nitrogens with zero attached hydrogens (tertiary/aromatic N) is 1. The minimum Gasteiger partial charge on any atom is -0.379 e. The Morgan fingerprint density at radius 1 is 1.48 bits per heavy atom. The van der Waals surface area contributed by atoms with Gasteiger partial charge in [-0.2, -0.15) is 0 Å². The average Bonchev–Trinajstić information content (AvgIpc) is 2.83. The molecule has 0 aromatic rings. The molecule has 0 saturated carbocycles. The van der Waals surface area contributed by atoms with Crippen molar-refractivity contribution in [3.8, 4) is 0 Å². The molecule has 3 N–H and O–H groups in total. The summed E-state index contributed by atoms with van der Waals surface area (Å²) in [5.41, 5.74) is 5.05. The van der Waals surface area contributed by atoms with E-state index >= 15 is 0 Å². The molecule has 21 heavy (non-hydrogen) atoms. The van der Waals surface area contributed by atoms with E-state index in [0.717, 1.165) is 6.42 Å². The lowest BCUT2D eigenvalue weighted by Crippen LogP contribution is -2.53. The van der Waals surface area contributed by atoms with Gasteiger partial charge < -0.3 is 25.4 Å². The summed E-state index contributed by atoms with van der Waals surface area (Å²) in [5, 5.41) is 2.81. The van der Waals surface area contributed by atoms with Crippen LogP contribution in [0, 0.1) is 0 Å². The van der Waals surface area contributed by atoms with E-state index in [9.17, 15) is 14.4 Å². The molecule has 0 aliphatic carbocycles. The molecule has 2 fully saturated rings. The topological polar surface area (TPSA) is 111 Å². The van der Waals surface area contributed by atoms with Gasteiger partial charge in [0.25, 0.3) is 0 Å². The first-order valence-corrected chi connectivity index (χ1v) is 7.11. The van der Waals surface area contributed by atoms with Crippen LogP contribution in [-0.4, -0.2) is 67.7 Å². The van der Waals surface area contributed by atoms with E-state index in [2.05, 4.69) is 5.32 Å². The number of likely N-dealkylation sites (tertiary alicyclic amines) is 1. The average molecular weight is 299 g/mol. The van der Waals surface area contributed by atoms with Gasteiger partial charge >= 0.3 is 0 Å². The minimum atomic E-state index is -0.547. The molecule has 2 aliphatic rings. The van der Waals surface area contributed by atoms with Gasteiger partial charge in [-0.05, 0) is 12.8 Å².